The van der Waals surface area contributed by atoms with Gasteiger partial charge in [0.1, 0.15) is 0 Å². The van der Waals surface area contributed by atoms with Crippen molar-refractivity contribution in [2.75, 3.05) is 0 Å². The Labute approximate surface area is 95.4 Å². The van der Waals surface area contributed by atoms with Crippen LogP contribution in [0.25, 0.3) is 0 Å². The highest BCUT2D eigenvalue weighted by Gasteiger charge is 2.10. The quantitative estimate of drug-likeness (QED) is 0.851. The SMILES string of the molecule is CC(Br)C(O)Cc1ccc(Br)cc1. The molecule has 0 aliphatic heterocycles. The number of rotatable bonds is 3. The van der Waals surface area contributed by atoms with Gasteiger partial charge in [-0.15, -0.1) is 0 Å². The van der Waals surface area contributed by atoms with Crippen LogP contribution < -0.4 is 0 Å². The highest BCUT2D eigenvalue weighted by molar-refractivity contribution is 9.10. The first-order valence-corrected chi connectivity index (χ1v) is 5.87. The molecule has 2 atom stereocenters. The van der Waals surface area contributed by atoms with Crippen LogP contribution in [-0.2, 0) is 6.42 Å². The number of hydrogen-bond donors (Lipinski definition) is 1. The maximum absolute atomic E-state index is 9.59. The van der Waals surface area contributed by atoms with Gasteiger partial charge >= 0.3 is 0 Å². The Morgan fingerprint density at radius 1 is 1.31 bits per heavy atom. The van der Waals surface area contributed by atoms with Gasteiger partial charge in [0.05, 0.1) is 6.10 Å². The van der Waals surface area contributed by atoms with Gasteiger partial charge in [-0.2, -0.15) is 0 Å². The van der Waals surface area contributed by atoms with Crippen LogP contribution in [0, 0.1) is 0 Å². The second-order valence-electron chi connectivity index (χ2n) is 3.08. The van der Waals surface area contributed by atoms with Crippen LogP contribution in [-0.4, -0.2) is 16.0 Å². The molecule has 1 nitrogen and oxygen atoms in total. The fraction of sp³-hybridized carbons (Fsp3) is 0.400. The van der Waals surface area contributed by atoms with Crippen molar-refractivity contribution in [2.45, 2.75) is 24.3 Å². The van der Waals surface area contributed by atoms with Gasteiger partial charge in [0, 0.05) is 9.30 Å². The number of aliphatic hydroxyl groups is 1. The first-order chi connectivity index (χ1) is 6.09. The Morgan fingerprint density at radius 2 is 1.85 bits per heavy atom. The highest BCUT2D eigenvalue weighted by Crippen LogP contribution is 2.14. The molecule has 0 heterocycles. The van der Waals surface area contributed by atoms with E-state index in [0.29, 0.717) is 6.42 Å². The lowest BCUT2D eigenvalue weighted by Gasteiger charge is -2.12. The van der Waals surface area contributed by atoms with E-state index >= 15 is 0 Å². The topological polar surface area (TPSA) is 20.2 Å². The predicted octanol–water partition coefficient (Wildman–Crippen LogP) is 3.14. The van der Waals surface area contributed by atoms with E-state index in [1.54, 1.807) is 0 Å². The molecule has 1 aromatic carbocycles. The van der Waals surface area contributed by atoms with Crippen LogP contribution in [0.1, 0.15) is 12.5 Å². The summed E-state index contributed by atoms with van der Waals surface area (Å²) >= 11 is 6.72. The fourth-order valence-corrected chi connectivity index (χ4v) is 1.48. The average molecular weight is 308 g/mol. The van der Waals surface area contributed by atoms with Crippen molar-refractivity contribution in [3.63, 3.8) is 0 Å². The fourth-order valence-electron chi connectivity index (χ4n) is 1.02. The molecule has 0 aliphatic rings. The smallest absolute Gasteiger partial charge is 0.0702 e. The molecule has 0 spiro atoms. The van der Waals surface area contributed by atoms with E-state index in [0.717, 1.165) is 10.0 Å². The van der Waals surface area contributed by atoms with Gasteiger partial charge in [-0.05, 0) is 24.1 Å². The van der Waals surface area contributed by atoms with Crippen LogP contribution in [0.3, 0.4) is 0 Å². The predicted molar refractivity (Wildman–Crippen MR) is 62.2 cm³/mol. The zero-order valence-corrected chi connectivity index (χ0v) is 10.5. The van der Waals surface area contributed by atoms with E-state index in [1.807, 2.05) is 31.2 Å². The van der Waals surface area contributed by atoms with Crippen molar-refractivity contribution in [1.82, 2.24) is 0 Å². The summed E-state index contributed by atoms with van der Waals surface area (Å²) in [6, 6.07) is 8.01. The van der Waals surface area contributed by atoms with Crippen LogP contribution in [0.2, 0.25) is 0 Å². The molecule has 0 aromatic heterocycles. The third-order valence-corrected chi connectivity index (χ3v) is 3.03. The first-order valence-electron chi connectivity index (χ1n) is 4.16. The Balaban J connectivity index is 2.59. The summed E-state index contributed by atoms with van der Waals surface area (Å²) in [5.41, 5.74) is 1.15. The number of alkyl halides is 1. The lowest BCUT2D eigenvalue weighted by atomic mass is 10.1. The normalized spacial score (nSPS) is 15.4. The molecule has 2 unspecified atom stereocenters. The summed E-state index contributed by atoms with van der Waals surface area (Å²) in [4.78, 5) is 0.135. The molecule has 0 saturated heterocycles. The van der Waals surface area contributed by atoms with Crippen molar-refractivity contribution < 1.29 is 5.11 Å². The average Bonchev–Trinajstić information content (AvgIpc) is 2.08. The summed E-state index contributed by atoms with van der Waals surface area (Å²) < 4.78 is 1.07. The van der Waals surface area contributed by atoms with Crippen LogP contribution in [0.5, 0.6) is 0 Å². The summed E-state index contributed by atoms with van der Waals surface area (Å²) in [6.45, 7) is 1.95. The maximum atomic E-state index is 9.59. The molecule has 0 fully saturated rings. The Kier molecular flexibility index (Phi) is 4.42. The molecule has 0 radical (unpaired) electrons. The lowest BCUT2D eigenvalue weighted by Crippen LogP contribution is -2.19. The van der Waals surface area contributed by atoms with Gasteiger partial charge in [-0.1, -0.05) is 50.9 Å². The molecule has 1 rings (SSSR count). The molecule has 13 heavy (non-hydrogen) atoms. The van der Waals surface area contributed by atoms with Crippen molar-refractivity contribution >= 4 is 31.9 Å². The van der Waals surface area contributed by atoms with E-state index < -0.39 is 0 Å². The van der Waals surface area contributed by atoms with Crippen LogP contribution in [0.4, 0.5) is 0 Å². The zero-order chi connectivity index (χ0) is 9.84. The minimum absolute atomic E-state index is 0.135. The molecular formula is C10H12Br2O. The molecule has 0 amide bonds. The number of aliphatic hydroxyl groups excluding tert-OH is 1. The Hall–Kier alpha value is 0.140. The second kappa shape index (κ2) is 5.13. The highest BCUT2D eigenvalue weighted by atomic mass is 79.9. The first kappa shape index (κ1) is 11.2. The second-order valence-corrected chi connectivity index (χ2v) is 5.44. The third kappa shape index (κ3) is 3.79. The van der Waals surface area contributed by atoms with Crippen LogP contribution >= 0.6 is 31.9 Å². The molecular weight excluding hydrogens is 296 g/mol. The summed E-state index contributed by atoms with van der Waals surface area (Å²) in [7, 11) is 0. The van der Waals surface area contributed by atoms with Gasteiger partial charge < -0.3 is 5.11 Å². The summed E-state index contributed by atoms with van der Waals surface area (Å²) in [6.07, 6.45) is 0.376. The van der Waals surface area contributed by atoms with Gasteiger partial charge in [-0.25, -0.2) is 0 Å². The van der Waals surface area contributed by atoms with E-state index in [1.165, 1.54) is 0 Å². The van der Waals surface area contributed by atoms with Crippen molar-refractivity contribution in [3.05, 3.63) is 34.3 Å². The third-order valence-electron chi connectivity index (χ3n) is 1.89. The number of hydrogen-bond acceptors (Lipinski definition) is 1. The van der Waals surface area contributed by atoms with Gasteiger partial charge in [0.15, 0.2) is 0 Å². The minimum atomic E-state index is -0.318. The summed E-state index contributed by atoms with van der Waals surface area (Å²) in [5, 5.41) is 9.59. The maximum Gasteiger partial charge on any atom is 0.0702 e. The molecule has 72 valence electrons. The molecule has 1 N–H and O–H groups in total. The molecule has 0 aliphatic carbocycles. The lowest BCUT2D eigenvalue weighted by molar-refractivity contribution is 0.178. The van der Waals surface area contributed by atoms with Gasteiger partial charge in [0.2, 0.25) is 0 Å². The Morgan fingerprint density at radius 3 is 2.31 bits per heavy atom. The van der Waals surface area contributed by atoms with Gasteiger partial charge in [-0.3, -0.25) is 0 Å². The molecule has 0 saturated carbocycles. The van der Waals surface area contributed by atoms with E-state index in [9.17, 15) is 5.11 Å². The largest absolute Gasteiger partial charge is 0.392 e. The Bertz CT molecular complexity index is 256. The van der Waals surface area contributed by atoms with E-state index in [2.05, 4.69) is 31.9 Å². The number of benzene rings is 1. The van der Waals surface area contributed by atoms with Gasteiger partial charge in [0.25, 0.3) is 0 Å². The number of halogens is 2. The zero-order valence-electron chi connectivity index (χ0n) is 7.37. The van der Waals surface area contributed by atoms with Crippen molar-refractivity contribution in [2.24, 2.45) is 0 Å². The summed E-state index contributed by atoms with van der Waals surface area (Å²) in [5.74, 6) is 0. The van der Waals surface area contributed by atoms with Crippen molar-refractivity contribution in [3.8, 4) is 0 Å². The molecule has 3 heteroatoms. The van der Waals surface area contributed by atoms with Crippen LogP contribution in [0.15, 0.2) is 28.7 Å². The standard InChI is InChI=1S/C10H12Br2O/c1-7(11)10(13)6-8-2-4-9(12)5-3-8/h2-5,7,10,13H,6H2,1H3. The van der Waals surface area contributed by atoms with E-state index in [4.69, 9.17) is 0 Å². The van der Waals surface area contributed by atoms with Crippen molar-refractivity contribution in [1.29, 1.82) is 0 Å². The minimum Gasteiger partial charge on any atom is -0.392 e. The van der Waals surface area contributed by atoms with E-state index in [-0.39, 0.29) is 10.9 Å². The molecule has 0 bridgehead atoms. The monoisotopic (exact) mass is 306 g/mol. The molecule has 1 aromatic rings.